The predicted octanol–water partition coefficient (Wildman–Crippen LogP) is 2.90. The Kier molecular flexibility index (Phi) is 3.67. The van der Waals surface area contributed by atoms with E-state index in [1.165, 1.54) is 11.3 Å². The number of hydrogen-bond donors (Lipinski definition) is 1. The first-order valence-corrected chi connectivity index (χ1v) is 6.78. The molecule has 1 N–H and O–H groups in total. The predicted molar refractivity (Wildman–Crippen MR) is 68.3 cm³/mol. The second kappa shape index (κ2) is 4.86. The fourth-order valence-electron chi connectivity index (χ4n) is 2.08. The van der Waals surface area contributed by atoms with Gasteiger partial charge in [-0.25, -0.2) is 0 Å². The lowest BCUT2D eigenvalue weighted by Crippen LogP contribution is -2.40. The molecule has 0 unspecified atom stereocenters. The van der Waals surface area contributed by atoms with Crippen LogP contribution in [0.25, 0.3) is 0 Å². The third kappa shape index (κ3) is 2.65. The summed E-state index contributed by atoms with van der Waals surface area (Å²) in [5.41, 5.74) is -0.137. The SMILES string of the molecule is CC1(C(=O)Cc2ccc(Cl)s2)CCNCC1. The van der Waals surface area contributed by atoms with Gasteiger partial charge < -0.3 is 5.32 Å². The van der Waals surface area contributed by atoms with E-state index in [-0.39, 0.29) is 5.41 Å². The van der Waals surface area contributed by atoms with Gasteiger partial charge in [-0.2, -0.15) is 0 Å². The molecule has 1 aliphatic heterocycles. The van der Waals surface area contributed by atoms with Crippen LogP contribution in [0.5, 0.6) is 0 Å². The van der Waals surface area contributed by atoms with Crippen molar-refractivity contribution < 1.29 is 4.79 Å². The van der Waals surface area contributed by atoms with Crippen molar-refractivity contribution in [2.45, 2.75) is 26.2 Å². The second-order valence-corrected chi connectivity index (χ2v) is 6.42. The fourth-order valence-corrected chi connectivity index (χ4v) is 3.16. The minimum absolute atomic E-state index is 0.137. The summed E-state index contributed by atoms with van der Waals surface area (Å²) in [6.07, 6.45) is 2.43. The Morgan fingerprint density at radius 1 is 1.50 bits per heavy atom. The van der Waals surface area contributed by atoms with Crippen molar-refractivity contribution in [3.8, 4) is 0 Å². The Labute approximate surface area is 105 Å². The van der Waals surface area contributed by atoms with Gasteiger partial charge in [0.2, 0.25) is 0 Å². The molecule has 2 heterocycles. The Morgan fingerprint density at radius 2 is 2.19 bits per heavy atom. The number of ketones is 1. The van der Waals surface area contributed by atoms with E-state index in [0.29, 0.717) is 12.2 Å². The normalized spacial score (nSPS) is 19.6. The maximum Gasteiger partial charge on any atom is 0.144 e. The molecular formula is C12H16ClNOS. The smallest absolute Gasteiger partial charge is 0.144 e. The van der Waals surface area contributed by atoms with Crippen molar-refractivity contribution in [2.75, 3.05) is 13.1 Å². The zero-order valence-corrected chi connectivity index (χ0v) is 11.0. The van der Waals surface area contributed by atoms with E-state index < -0.39 is 0 Å². The number of rotatable bonds is 3. The summed E-state index contributed by atoms with van der Waals surface area (Å²) < 4.78 is 0.762. The molecule has 16 heavy (non-hydrogen) atoms. The molecule has 0 bridgehead atoms. The molecule has 0 atom stereocenters. The number of thiophene rings is 1. The van der Waals surface area contributed by atoms with Gasteiger partial charge in [0.1, 0.15) is 5.78 Å². The van der Waals surface area contributed by atoms with Crippen molar-refractivity contribution in [1.82, 2.24) is 5.32 Å². The molecule has 0 radical (unpaired) electrons. The van der Waals surface area contributed by atoms with E-state index in [1.807, 2.05) is 12.1 Å². The van der Waals surface area contributed by atoms with E-state index >= 15 is 0 Å². The number of halogens is 1. The maximum atomic E-state index is 12.2. The summed E-state index contributed by atoms with van der Waals surface area (Å²) in [5, 5.41) is 3.29. The first-order valence-electron chi connectivity index (χ1n) is 5.58. The van der Waals surface area contributed by atoms with Gasteiger partial charge in [-0.1, -0.05) is 18.5 Å². The van der Waals surface area contributed by atoms with Gasteiger partial charge in [0.25, 0.3) is 0 Å². The molecule has 88 valence electrons. The molecule has 1 aromatic heterocycles. The minimum atomic E-state index is -0.137. The summed E-state index contributed by atoms with van der Waals surface area (Å²) in [4.78, 5) is 13.3. The molecule has 0 amide bonds. The number of nitrogens with one attached hydrogen (secondary N) is 1. The van der Waals surface area contributed by atoms with E-state index in [4.69, 9.17) is 11.6 Å². The zero-order valence-electron chi connectivity index (χ0n) is 9.38. The number of piperidine rings is 1. The van der Waals surface area contributed by atoms with Gasteiger partial charge in [0.15, 0.2) is 0 Å². The highest BCUT2D eigenvalue weighted by Crippen LogP contribution is 2.32. The zero-order chi connectivity index (χ0) is 11.6. The third-order valence-electron chi connectivity index (χ3n) is 3.34. The molecule has 0 saturated carbocycles. The molecule has 2 nitrogen and oxygen atoms in total. The van der Waals surface area contributed by atoms with E-state index in [2.05, 4.69) is 12.2 Å². The summed E-state index contributed by atoms with van der Waals surface area (Å²) >= 11 is 7.37. The average molecular weight is 258 g/mol. The highest BCUT2D eigenvalue weighted by atomic mass is 35.5. The fraction of sp³-hybridized carbons (Fsp3) is 0.583. The quantitative estimate of drug-likeness (QED) is 0.902. The van der Waals surface area contributed by atoms with Crippen LogP contribution in [0.2, 0.25) is 4.34 Å². The molecule has 2 rings (SSSR count). The molecule has 0 spiro atoms. The van der Waals surface area contributed by atoms with Gasteiger partial charge >= 0.3 is 0 Å². The van der Waals surface area contributed by atoms with Crippen LogP contribution >= 0.6 is 22.9 Å². The van der Waals surface area contributed by atoms with Crippen LogP contribution in [-0.2, 0) is 11.2 Å². The van der Waals surface area contributed by atoms with Crippen LogP contribution in [-0.4, -0.2) is 18.9 Å². The van der Waals surface area contributed by atoms with Gasteiger partial charge in [-0.3, -0.25) is 4.79 Å². The van der Waals surface area contributed by atoms with Crippen LogP contribution in [0.3, 0.4) is 0 Å². The van der Waals surface area contributed by atoms with Crippen molar-refractivity contribution >= 4 is 28.7 Å². The lowest BCUT2D eigenvalue weighted by atomic mass is 9.76. The van der Waals surface area contributed by atoms with Crippen LogP contribution in [0.15, 0.2) is 12.1 Å². The number of Topliss-reactive ketones (excluding diaryl/α,β-unsaturated/α-hetero) is 1. The van der Waals surface area contributed by atoms with E-state index in [1.54, 1.807) is 0 Å². The number of carbonyl (C=O) groups excluding carboxylic acids is 1. The second-order valence-electron chi connectivity index (χ2n) is 4.62. The summed E-state index contributed by atoms with van der Waals surface area (Å²) in [7, 11) is 0. The molecule has 1 aromatic rings. The molecule has 4 heteroatoms. The topological polar surface area (TPSA) is 29.1 Å². The first-order chi connectivity index (χ1) is 7.60. The van der Waals surface area contributed by atoms with Crippen LogP contribution in [0.1, 0.15) is 24.6 Å². The van der Waals surface area contributed by atoms with Crippen molar-refractivity contribution in [3.05, 3.63) is 21.3 Å². The number of carbonyl (C=O) groups is 1. The Hall–Kier alpha value is -0.380. The summed E-state index contributed by atoms with van der Waals surface area (Å²) in [5.74, 6) is 0.354. The van der Waals surface area contributed by atoms with Crippen LogP contribution in [0, 0.1) is 5.41 Å². The lowest BCUT2D eigenvalue weighted by Gasteiger charge is -2.32. The van der Waals surface area contributed by atoms with E-state index in [9.17, 15) is 4.79 Å². The monoisotopic (exact) mass is 257 g/mol. The minimum Gasteiger partial charge on any atom is -0.317 e. The van der Waals surface area contributed by atoms with Crippen molar-refractivity contribution in [3.63, 3.8) is 0 Å². The Balaban J connectivity index is 2.01. The highest BCUT2D eigenvalue weighted by molar-refractivity contribution is 7.16. The summed E-state index contributed by atoms with van der Waals surface area (Å²) in [6, 6.07) is 3.81. The molecular weight excluding hydrogens is 242 g/mol. The molecule has 1 saturated heterocycles. The van der Waals surface area contributed by atoms with Gasteiger partial charge in [-0.05, 0) is 38.1 Å². The van der Waals surface area contributed by atoms with Crippen molar-refractivity contribution in [1.29, 1.82) is 0 Å². The Bertz CT molecular complexity index is 382. The molecule has 0 aliphatic carbocycles. The largest absolute Gasteiger partial charge is 0.317 e. The lowest BCUT2D eigenvalue weighted by molar-refractivity contribution is -0.128. The van der Waals surface area contributed by atoms with Crippen LogP contribution in [0.4, 0.5) is 0 Å². The summed E-state index contributed by atoms with van der Waals surface area (Å²) in [6.45, 7) is 3.99. The maximum absolute atomic E-state index is 12.2. The first kappa shape index (κ1) is 12.1. The molecule has 1 aliphatic rings. The third-order valence-corrected chi connectivity index (χ3v) is 4.58. The number of hydrogen-bond acceptors (Lipinski definition) is 3. The van der Waals surface area contributed by atoms with Gasteiger partial charge in [0.05, 0.1) is 4.34 Å². The highest BCUT2D eigenvalue weighted by Gasteiger charge is 2.34. The molecule has 1 fully saturated rings. The van der Waals surface area contributed by atoms with Gasteiger partial charge in [-0.15, -0.1) is 11.3 Å². The average Bonchev–Trinajstić information content (AvgIpc) is 2.65. The standard InChI is InChI=1S/C12H16ClNOS/c1-12(4-6-14-7-5-12)10(15)8-9-2-3-11(13)16-9/h2-3,14H,4-8H2,1H3. The van der Waals surface area contributed by atoms with E-state index in [0.717, 1.165) is 35.1 Å². The Morgan fingerprint density at radius 3 is 2.75 bits per heavy atom. The van der Waals surface area contributed by atoms with Crippen molar-refractivity contribution in [2.24, 2.45) is 5.41 Å². The van der Waals surface area contributed by atoms with Gasteiger partial charge in [0, 0.05) is 16.7 Å². The van der Waals surface area contributed by atoms with Crippen LogP contribution < -0.4 is 5.32 Å². The molecule has 0 aromatic carbocycles.